The summed E-state index contributed by atoms with van der Waals surface area (Å²) in [4.78, 5) is 29.8. The van der Waals surface area contributed by atoms with Crippen LogP contribution in [0.3, 0.4) is 0 Å². The van der Waals surface area contributed by atoms with Gasteiger partial charge in [-0.3, -0.25) is 4.79 Å². The SMILES string of the molecule is COc1ccc2c(c1)cc(CCN(C)C)c(=O)n2OC(=O)C(F)(F)F. The molecule has 0 saturated carbocycles. The number of alkyl halides is 3. The summed E-state index contributed by atoms with van der Waals surface area (Å²) in [5.74, 6) is -2.00. The number of aromatic nitrogens is 1. The van der Waals surface area contributed by atoms with Crippen LogP contribution in [0.5, 0.6) is 5.75 Å². The molecular formula is C16H17F3N2O4. The third-order valence-corrected chi connectivity index (χ3v) is 3.48. The summed E-state index contributed by atoms with van der Waals surface area (Å²) in [6.07, 6.45) is -4.93. The maximum Gasteiger partial charge on any atom is 0.493 e. The summed E-state index contributed by atoms with van der Waals surface area (Å²) in [6.45, 7) is 0.498. The van der Waals surface area contributed by atoms with E-state index in [4.69, 9.17) is 4.74 Å². The highest BCUT2D eigenvalue weighted by Gasteiger charge is 2.42. The lowest BCUT2D eigenvalue weighted by atomic mass is 10.1. The molecule has 0 saturated heterocycles. The van der Waals surface area contributed by atoms with E-state index in [1.165, 1.54) is 19.2 Å². The molecule has 1 aromatic carbocycles. The summed E-state index contributed by atoms with van der Waals surface area (Å²) in [5, 5.41) is 0.419. The Bertz CT molecular complexity index is 844. The summed E-state index contributed by atoms with van der Waals surface area (Å²) < 4.78 is 43.0. The van der Waals surface area contributed by atoms with Crippen LogP contribution in [-0.4, -0.2) is 49.5 Å². The number of hydrogen-bond donors (Lipinski definition) is 0. The molecule has 2 rings (SSSR count). The highest BCUT2D eigenvalue weighted by molar-refractivity contribution is 5.82. The molecule has 0 amide bonds. The maximum absolute atomic E-state index is 12.5. The van der Waals surface area contributed by atoms with Gasteiger partial charge in [-0.05, 0) is 44.8 Å². The summed E-state index contributed by atoms with van der Waals surface area (Å²) in [5.41, 5.74) is -0.543. The number of ether oxygens (including phenoxy) is 1. The van der Waals surface area contributed by atoms with Crippen LogP contribution in [0.1, 0.15) is 5.56 Å². The van der Waals surface area contributed by atoms with E-state index in [1.807, 2.05) is 4.90 Å². The molecule has 25 heavy (non-hydrogen) atoms. The molecule has 6 nitrogen and oxygen atoms in total. The van der Waals surface area contributed by atoms with Gasteiger partial charge in [-0.2, -0.15) is 13.2 Å². The molecule has 0 atom stereocenters. The minimum Gasteiger partial charge on any atom is -0.497 e. The van der Waals surface area contributed by atoms with Crippen molar-refractivity contribution in [2.75, 3.05) is 27.7 Å². The van der Waals surface area contributed by atoms with Crippen LogP contribution in [-0.2, 0) is 11.2 Å². The van der Waals surface area contributed by atoms with Gasteiger partial charge in [0.25, 0.3) is 5.56 Å². The lowest BCUT2D eigenvalue weighted by molar-refractivity contribution is -0.199. The van der Waals surface area contributed by atoms with Gasteiger partial charge < -0.3 is 14.5 Å². The molecule has 1 aromatic heterocycles. The number of benzene rings is 1. The number of likely N-dealkylation sites (N-methyl/N-ethyl adjacent to an activating group) is 1. The number of carbonyl (C=O) groups is 1. The largest absolute Gasteiger partial charge is 0.497 e. The number of rotatable bonds is 5. The monoisotopic (exact) mass is 358 g/mol. The van der Waals surface area contributed by atoms with Gasteiger partial charge in [-0.15, -0.1) is 4.73 Å². The van der Waals surface area contributed by atoms with Gasteiger partial charge in [0.2, 0.25) is 0 Å². The molecule has 0 N–H and O–H groups in total. The summed E-state index contributed by atoms with van der Waals surface area (Å²) >= 11 is 0. The first-order valence-corrected chi connectivity index (χ1v) is 7.30. The molecule has 0 spiro atoms. The van der Waals surface area contributed by atoms with Gasteiger partial charge in [0.05, 0.1) is 12.6 Å². The summed E-state index contributed by atoms with van der Waals surface area (Å²) in [7, 11) is 5.03. The third kappa shape index (κ3) is 4.30. The topological polar surface area (TPSA) is 60.8 Å². The molecule has 136 valence electrons. The zero-order chi connectivity index (χ0) is 18.8. The van der Waals surface area contributed by atoms with E-state index in [9.17, 15) is 22.8 Å². The van der Waals surface area contributed by atoms with Crippen LogP contribution < -0.4 is 15.1 Å². The van der Waals surface area contributed by atoms with Crippen LogP contribution in [0.2, 0.25) is 0 Å². The maximum atomic E-state index is 12.5. The van der Waals surface area contributed by atoms with E-state index < -0.39 is 17.7 Å². The number of fused-ring (bicyclic) bond motifs is 1. The zero-order valence-electron chi connectivity index (χ0n) is 13.9. The van der Waals surface area contributed by atoms with E-state index >= 15 is 0 Å². The standard InChI is InChI=1S/C16H17F3N2O4/c1-20(2)7-6-10-8-11-9-12(24-3)4-5-13(11)21(14(10)22)25-15(23)16(17,18)19/h4-5,8-9H,6-7H2,1-3H3. The Morgan fingerprint density at radius 1 is 1.24 bits per heavy atom. The predicted octanol–water partition coefficient (Wildman–Crippen LogP) is 1.63. The van der Waals surface area contributed by atoms with Crippen molar-refractivity contribution in [3.63, 3.8) is 0 Å². The lowest BCUT2D eigenvalue weighted by Crippen LogP contribution is -2.39. The summed E-state index contributed by atoms with van der Waals surface area (Å²) in [6, 6.07) is 5.92. The Labute approximate surface area is 141 Å². The fraction of sp³-hybridized carbons (Fsp3) is 0.375. The first kappa shape index (κ1) is 18.8. The Hall–Kier alpha value is -2.55. The average molecular weight is 358 g/mol. The van der Waals surface area contributed by atoms with E-state index in [0.717, 1.165) is 0 Å². The van der Waals surface area contributed by atoms with Crippen molar-refractivity contribution >= 4 is 16.9 Å². The first-order chi connectivity index (χ1) is 11.6. The highest BCUT2D eigenvalue weighted by Crippen LogP contribution is 2.21. The predicted molar refractivity (Wildman–Crippen MR) is 84.7 cm³/mol. The number of halogens is 3. The zero-order valence-corrected chi connectivity index (χ0v) is 13.9. The Morgan fingerprint density at radius 2 is 1.92 bits per heavy atom. The normalized spacial score (nSPS) is 11.8. The fourth-order valence-electron chi connectivity index (χ4n) is 2.20. The van der Waals surface area contributed by atoms with Crippen molar-refractivity contribution in [3.8, 4) is 5.75 Å². The van der Waals surface area contributed by atoms with Crippen LogP contribution in [0.4, 0.5) is 13.2 Å². The number of nitrogens with zero attached hydrogens (tertiary/aromatic N) is 2. The van der Waals surface area contributed by atoms with Crippen molar-refractivity contribution < 1.29 is 27.5 Å². The number of hydrogen-bond acceptors (Lipinski definition) is 5. The van der Waals surface area contributed by atoms with E-state index in [2.05, 4.69) is 4.84 Å². The first-order valence-electron chi connectivity index (χ1n) is 7.30. The molecule has 0 radical (unpaired) electrons. The van der Waals surface area contributed by atoms with Crippen molar-refractivity contribution in [2.45, 2.75) is 12.6 Å². The van der Waals surface area contributed by atoms with Crippen LogP contribution >= 0.6 is 0 Å². The highest BCUT2D eigenvalue weighted by atomic mass is 19.4. The molecule has 0 aliphatic carbocycles. The van der Waals surface area contributed by atoms with Gasteiger partial charge in [-0.25, -0.2) is 4.79 Å². The second kappa shape index (κ2) is 7.14. The van der Waals surface area contributed by atoms with E-state index in [0.29, 0.717) is 22.4 Å². The van der Waals surface area contributed by atoms with Gasteiger partial charge in [0.15, 0.2) is 0 Å². The van der Waals surface area contributed by atoms with Crippen molar-refractivity contribution in [1.82, 2.24) is 9.63 Å². The molecular weight excluding hydrogens is 341 g/mol. The quantitative estimate of drug-likeness (QED) is 0.813. The van der Waals surface area contributed by atoms with E-state index in [1.54, 1.807) is 26.2 Å². The molecule has 0 aliphatic heterocycles. The van der Waals surface area contributed by atoms with E-state index in [-0.39, 0.29) is 17.5 Å². The minimum atomic E-state index is -5.21. The number of carbonyl (C=O) groups excluding carboxylic acids is 1. The second-order valence-electron chi connectivity index (χ2n) is 5.62. The van der Waals surface area contributed by atoms with Crippen molar-refractivity contribution in [2.24, 2.45) is 0 Å². The molecule has 0 bridgehead atoms. The smallest absolute Gasteiger partial charge is 0.493 e. The minimum absolute atomic E-state index is 0.0389. The van der Waals surface area contributed by atoms with Gasteiger partial charge >= 0.3 is 12.1 Å². The molecule has 2 aromatic rings. The Kier molecular flexibility index (Phi) is 5.36. The molecule has 0 unspecified atom stereocenters. The molecule has 1 heterocycles. The molecule has 9 heteroatoms. The Balaban J connectivity index is 2.60. The number of methoxy groups -OCH3 is 1. The number of pyridine rings is 1. The van der Waals surface area contributed by atoms with Gasteiger partial charge in [0, 0.05) is 17.5 Å². The molecule has 0 fully saturated rings. The average Bonchev–Trinajstić information content (AvgIpc) is 2.54. The van der Waals surface area contributed by atoms with Crippen LogP contribution in [0.25, 0.3) is 10.9 Å². The Morgan fingerprint density at radius 3 is 2.48 bits per heavy atom. The lowest BCUT2D eigenvalue weighted by Gasteiger charge is -2.15. The molecule has 0 aliphatic rings. The van der Waals surface area contributed by atoms with Gasteiger partial charge in [-0.1, -0.05) is 0 Å². The van der Waals surface area contributed by atoms with Crippen LogP contribution in [0, 0.1) is 0 Å². The second-order valence-corrected chi connectivity index (χ2v) is 5.62. The fourth-order valence-corrected chi connectivity index (χ4v) is 2.20. The van der Waals surface area contributed by atoms with Crippen molar-refractivity contribution in [1.29, 1.82) is 0 Å². The van der Waals surface area contributed by atoms with Crippen molar-refractivity contribution in [3.05, 3.63) is 40.2 Å². The van der Waals surface area contributed by atoms with Gasteiger partial charge in [0.1, 0.15) is 5.75 Å². The third-order valence-electron chi connectivity index (χ3n) is 3.48. The van der Waals surface area contributed by atoms with Crippen LogP contribution in [0.15, 0.2) is 29.1 Å².